The van der Waals surface area contributed by atoms with Gasteiger partial charge in [0.25, 0.3) is 0 Å². The minimum Gasteiger partial charge on any atom is -0.497 e. The van der Waals surface area contributed by atoms with Crippen molar-refractivity contribution in [3.63, 3.8) is 0 Å². The Hall–Kier alpha value is -1.32. The second-order valence-corrected chi connectivity index (χ2v) is 4.56. The third-order valence-corrected chi connectivity index (χ3v) is 3.50. The quantitative estimate of drug-likeness (QED) is 0.872. The maximum Gasteiger partial charge on any atom is 0.118 e. The first kappa shape index (κ1) is 12.1. The van der Waals surface area contributed by atoms with Crippen molar-refractivity contribution in [3.8, 4) is 16.9 Å². The van der Waals surface area contributed by atoms with Crippen molar-refractivity contribution in [2.75, 3.05) is 13.7 Å². The molecule has 0 fully saturated rings. The van der Waals surface area contributed by atoms with Gasteiger partial charge in [-0.3, -0.25) is 0 Å². The molecule has 0 amide bonds. The summed E-state index contributed by atoms with van der Waals surface area (Å²) in [6.45, 7) is 4.05. The molecular formula is C14H17NOS. The van der Waals surface area contributed by atoms with Gasteiger partial charge in [0.15, 0.2) is 0 Å². The summed E-state index contributed by atoms with van der Waals surface area (Å²) in [7, 11) is 1.69. The Kier molecular flexibility index (Phi) is 4.18. The van der Waals surface area contributed by atoms with Crippen molar-refractivity contribution in [1.29, 1.82) is 0 Å². The molecule has 2 aromatic rings. The minimum atomic E-state index is 0.900. The highest BCUT2D eigenvalue weighted by atomic mass is 32.1. The zero-order valence-corrected chi connectivity index (χ0v) is 11.0. The molecule has 0 aliphatic carbocycles. The molecule has 0 saturated heterocycles. The van der Waals surface area contributed by atoms with Crippen LogP contribution in [-0.4, -0.2) is 13.7 Å². The largest absolute Gasteiger partial charge is 0.497 e. The molecule has 1 heterocycles. The van der Waals surface area contributed by atoms with Gasteiger partial charge in [-0.25, -0.2) is 0 Å². The van der Waals surface area contributed by atoms with E-state index in [0.717, 1.165) is 18.8 Å². The lowest BCUT2D eigenvalue weighted by molar-refractivity contribution is 0.415. The molecule has 0 aliphatic rings. The van der Waals surface area contributed by atoms with E-state index < -0.39 is 0 Å². The second kappa shape index (κ2) is 5.84. The standard InChI is InChI=1S/C14H17NOS/c1-3-15-8-12-9-17-10-14(12)11-4-6-13(16-2)7-5-11/h4-7,9-10,15H,3,8H2,1-2H3. The van der Waals surface area contributed by atoms with Gasteiger partial charge in [0.05, 0.1) is 7.11 Å². The lowest BCUT2D eigenvalue weighted by atomic mass is 10.0. The predicted molar refractivity (Wildman–Crippen MR) is 73.7 cm³/mol. The summed E-state index contributed by atoms with van der Waals surface area (Å²) in [6, 6.07) is 8.22. The lowest BCUT2D eigenvalue weighted by Gasteiger charge is -2.06. The maximum absolute atomic E-state index is 5.17. The van der Waals surface area contributed by atoms with E-state index in [4.69, 9.17) is 4.74 Å². The van der Waals surface area contributed by atoms with Gasteiger partial charge in [0.1, 0.15) is 5.75 Å². The van der Waals surface area contributed by atoms with E-state index in [9.17, 15) is 0 Å². The molecule has 90 valence electrons. The Morgan fingerprint density at radius 3 is 2.59 bits per heavy atom. The average Bonchev–Trinajstić information content (AvgIpc) is 2.84. The van der Waals surface area contributed by atoms with Crippen LogP contribution in [0.2, 0.25) is 0 Å². The minimum absolute atomic E-state index is 0.900. The van der Waals surface area contributed by atoms with Gasteiger partial charge in [0.2, 0.25) is 0 Å². The summed E-state index contributed by atoms with van der Waals surface area (Å²) in [5.41, 5.74) is 3.93. The lowest BCUT2D eigenvalue weighted by Crippen LogP contribution is -2.11. The second-order valence-electron chi connectivity index (χ2n) is 3.82. The van der Waals surface area contributed by atoms with Crippen molar-refractivity contribution >= 4 is 11.3 Å². The Morgan fingerprint density at radius 1 is 1.18 bits per heavy atom. The summed E-state index contributed by atoms with van der Waals surface area (Å²) < 4.78 is 5.17. The summed E-state index contributed by atoms with van der Waals surface area (Å²) in [4.78, 5) is 0. The Morgan fingerprint density at radius 2 is 1.94 bits per heavy atom. The molecule has 1 aromatic heterocycles. The number of hydrogen-bond donors (Lipinski definition) is 1. The molecule has 0 atom stereocenters. The van der Waals surface area contributed by atoms with Crippen LogP contribution >= 0.6 is 11.3 Å². The van der Waals surface area contributed by atoms with Crippen LogP contribution in [0.25, 0.3) is 11.1 Å². The fraction of sp³-hybridized carbons (Fsp3) is 0.286. The monoisotopic (exact) mass is 247 g/mol. The number of methoxy groups -OCH3 is 1. The summed E-state index contributed by atoms with van der Waals surface area (Å²) >= 11 is 1.75. The molecule has 0 saturated carbocycles. The van der Waals surface area contributed by atoms with Crippen LogP contribution in [0.4, 0.5) is 0 Å². The summed E-state index contributed by atoms with van der Waals surface area (Å²) in [6.07, 6.45) is 0. The molecule has 0 aliphatic heterocycles. The fourth-order valence-electron chi connectivity index (χ4n) is 1.74. The number of benzene rings is 1. The van der Waals surface area contributed by atoms with Gasteiger partial charge in [-0.15, -0.1) is 0 Å². The zero-order chi connectivity index (χ0) is 12.1. The zero-order valence-electron chi connectivity index (χ0n) is 10.2. The van der Waals surface area contributed by atoms with Gasteiger partial charge in [0, 0.05) is 6.54 Å². The van der Waals surface area contributed by atoms with Crippen LogP contribution in [0.3, 0.4) is 0 Å². The van der Waals surface area contributed by atoms with E-state index in [-0.39, 0.29) is 0 Å². The fourth-order valence-corrected chi connectivity index (χ4v) is 2.61. The van der Waals surface area contributed by atoms with Crippen molar-refractivity contribution in [2.24, 2.45) is 0 Å². The van der Waals surface area contributed by atoms with Crippen LogP contribution in [0, 0.1) is 0 Å². The highest BCUT2D eigenvalue weighted by molar-refractivity contribution is 7.08. The highest BCUT2D eigenvalue weighted by Gasteiger charge is 2.05. The Bertz CT molecular complexity index is 461. The van der Waals surface area contributed by atoms with E-state index in [1.807, 2.05) is 12.1 Å². The number of rotatable bonds is 5. The summed E-state index contributed by atoms with van der Waals surface area (Å²) in [5, 5.41) is 7.78. The van der Waals surface area contributed by atoms with Gasteiger partial charge in [-0.1, -0.05) is 19.1 Å². The number of nitrogens with one attached hydrogen (secondary N) is 1. The Labute approximate surface area is 106 Å². The van der Waals surface area contributed by atoms with Crippen LogP contribution in [-0.2, 0) is 6.54 Å². The number of hydrogen-bond acceptors (Lipinski definition) is 3. The molecule has 0 spiro atoms. The average molecular weight is 247 g/mol. The van der Waals surface area contributed by atoms with Crippen LogP contribution in [0.1, 0.15) is 12.5 Å². The van der Waals surface area contributed by atoms with Gasteiger partial charge >= 0.3 is 0 Å². The third-order valence-electron chi connectivity index (χ3n) is 2.71. The summed E-state index contributed by atoms with van der Waals surface area (Å²) in [5.74, 6) is 0.900. The third kappa shape index (κ3) is 2.87. The molecule has 2 nitrogen and oxygen atoms in total. The molecule has 3 heteroatoms. The number of thiophene rings is 1. The number of ether oxygens (including phenoxy) is 1. The normalized spacial score (nSPS) is 10.5. The first-order valence-electron chi connectivity index (χ1n) is 5.75. The molecule has 1 N–H and O–H groups in total. The van der Waals surface area contributed by atoms with Crippen LogP contribution < -0.4 is 10.1 Å². The molecular weight excluding hydrogens is 230 g/mol. The van der Waals surface area contributed by atoms with Gasteiger partial charge in [-0.05, 0) is 46.1 Å². The molecule has 2 rings (SSSR count). The van der Waals surface area contributed by atoms with Crippen LogP contribution in [0.5, 0.6) is 5.75 Å². The van der Waals surface area contributed by atoms with E-state index in [0.29, 0.717) is 0 Å². The SMILES string of the molecule is CCNCc1cscc1-c1ccc(OC)cc1. The molecule has 17 heavy (non-hydrogen) atoms. The van der Waals surface area contributed by atoms with E-state index in [1.54, 1.807) is 18.4 Å². The maximum atomic E-state index is 5.17. The van der Waals surface area contributed by atoms with Crippen LogP contribution in [0.15, 0.2) is 35.0 Å². The smallest absolute Gasteiger partial charge is 0.118 e. The topological polar surface area (TPSA) is 21.3 Å². The van der Waals surface area contributed by atoms with Gasteiger partial charge < -0.3 is 10.1 Å². The van der Waals surface area contributed by atoms with E-state index in [1.165, 1.54) is 16.7 Å². The molecule has 0 bridgehead atoms. The first-order valence-corrected chi connectivity index (χ1v) is 6.69. The molecule has 0 radical (unpaired) electrons. The highest BCUT2D eigenvalue weighted by Crippen LogP contribution is 2.28. The first-order chi connectivity index (χ1) is 8.35. The van der Waals surface area contributed by atoms with Crippen molar-refractivity contribution in [2.45, 2.75) is 13.5 Å². The van der Waals surface area contributed by atoms with E-state index in [2.05, 4.69) is 35.1 Å². The predicted octanol–water partition coefficient (Wildman–Crippen LogP) is 3.53. The Balaban J connectivity index is 2.23. The molecule has 1 aromatic carbocycles. The van der Waals surface area contributed by atoms with Crippen molar-refractivity contribution < 1.29 is 4.74 Å². The van der Waals surface area contributed by atoms with E-state index >= 15 is 0 Å². The van der Waals surface area contributed by atoms with Gasteiger partial charge in [-0.2, -0.15) is 11.3 Å². The molecule has 0 unspecified atom stereocenters. The van der Waals surface area contributed by atoms with Crippen molar-refractivity contribution in [1.82, 2.24) is 5.32 Å². The van der Waals surface area contributed by atoms with Crippen molar-refractivity contribution in [3.05, 3.63) is 40.6 Å².